The van der Waals surface area contributed by atoms with Crippen molar-refractivity contribution >= 4 is 33.5 Å². The Balaban J connectivity index is 2.49. The highest BCUT2D eigenvalue weighted by Gasteiger charge is 2.13. The minimum Gasteiger partial charge on any atom is -0.480 e. The summed E-state index contributed by atoms with van der Waals surface area (Å²) in [6, 6.07) is 0. The molecule has 0 fully saturated rings. The van der Waals surface area contributed by atoms with Crippen molar-refractivity contribution < 1.29 is 9.90 Å². The van der Waals surface area contributed by atoms with Gasteiger partial charge in [0.2, 0.25) is 0 Å². The number of rotatable bonds is 3. The lowest BCUT2D eigenvalue weighted by atomic mass is 10.3. The first kappa shape index (κ1) is 10.7. The van der Waals surface area contributed by atoms with Gasteiger partial charge in [0.25, 0.3) is 0 Å². The Morgan fingerprint density at radius 1 is 1.56 bits per heavy atom. The minimum atomic E-state index is -0.893. The highest BCUT2D eigenvalue weighted by Crippen LogP contribution is 2.24. The molecule has 0 aliphatic heterocycles. The number of hydrogen-bond donors (Lipinski definition) is 1. The van der Waals surface area contributed by atoms with Crippen LogP contribution in [0.2, 0.25) is 0 Å². The third-order valence-corrected chi connectivity index (χ3v) is 2.75. The van der Waals surface area contributed by atoms with E-state index >= 15 is 0 Å². The van der Waals surface area contributed by atoms with Gasteiger partial charge >= 0.3 is 5.97 Å². The molecule has 0 radical (unpaired) electrons. The van der Waals surface area contributed by atoms with E-state index in [2.05, 4.69) is 14.3 Å². The molecule has 16 heavy (non-hydrogen) atoms. The second-order valence-corrected chi connectivity index (χ2v) is 4.17. The molecule has 0 saturated heterocycles. The molecular formula is C9H10N4O2S. The molecule has 7 heteroatoms. The van der Waals surface area contributed by atoms with Crippen molar-refractivity contribution in [2.45, 2.75) is 6.92 Å². The van der Waals surface area contributed by atoms with Gasteiger partial charge in [-0.15, -0.1) is 0 Å². The molecule has 0 amide bonds. The van der Waals surface area contributed by atoms with Crippen molar-refractivity contribution in [1.82, 2.24) is 14.3 Å². The first-order chi connectivity index (χ1) is 7.58. The molecule has 0 aromatic carbocycles. The molecular weight excluding hydrogens is 228 g/mol. The molecule has 2 aromatic heterocycles. The number of anilines is 1. The van der Waals surface area contributed by atoms with E-state index in [1.54, 1.807) is 25.1 Å². The zero-order valence-electron chi connectivity index (χ0n) is 8.84. The maximum absolute atomic E-state index is 10.6. The van der Waals surface area contributed by atoms with Crippen LogP contribution in [0.5, 0.6) is 0 Å². The normalized spacial score (nSPS) is 10.6. The molecule has 0 saturated carbocycles. The van der Waals surface area contributed by atoms with Gasteiger partial charge in [0, 0.05) is 7.05 Å². The van der Waals surface area contributed by atoms with Crippen LogP contribution in [0.25, 0.3) is 10.2 Å². The first-order valence-electron chi connectivity index (χ1n) is 4.60. The number of fused-ring (bicyclic) bond motifs is 1. The van der Waals surface area contributed by atoms with Crippen LogP contribution in [0, 0.1) is 6.92 Å². The largest absolute Gasteiger partial charge is 0.480 e. The van der Waals surface area contributed by atoms with E-state index in [0.717, 1.165) is 10.2 Å². The fourth-order valence-corrected chi connectivity index (χ4v) is 2.09. The van der Waals surface area contributed by atoms with Gasteiger partial charge in [0.15, 0.2) is 0 Å². The van der Waals surface area contributed by atoms with Gasteiger partial charge in [-0.25, -0.2) is 9.97 Å². The van der Waals surface area contributed by atoms with Crippen molar-refractivity contribution in [2.75, 3.05) is 18.5 Å². The highest BCUT2D eigenvalue weighted by molar-refractivity contribution is 7.12. The summed E-state index contributed by atoms with van der Waals surface area (Å²) in [5, 5.41) is 9.53. The summed E-state index contributed by atoms with van der Waals surface area (Å²) in [5.41, 5.74) is 0. The smallest absolute Gasteiger partial charge is 0.323 e. The maximum Gasteiger partial charge on any atom is 0.323 e. The molecule has 0 spiro atoms. The summed E-state index contributed by atoms with van der Waals surface area (Å²) < 4.78 is 4.03. The van der Waals surface area contributed by atoms with Gasteiger partial charge < -0.3 is 10.0 Å². The second-order valence-electron chi connectivity index (χ2n) is 3.39. The zero-order valence-corrected chi connectivity index (χ0v) is 9.65. The van der Waals surface area contributed by atoms with Crippen molar-refractivity contribution in [3.63, 3.8) is 0 Å². The van der Waals surface area contributed by atoms with E-state index in [4.69, 9.17) is 5.11 Å². The molecule has 84 valence electrons. The van der Waals surface area contributed by atoms with Gasteiger partial charge in [-0.3, -0.25) is 4.79 Å². The summed E-state index contributed by atoms with van der Waals surface area (Å²) >= 11 is 1.28. The van der Waals surface area contributed by atoms with Crippen molar-refractivity contribution in [2.24, 2.45) is 0 Å². The lowest BCUT2D eigenvalue weighted by Crippen LogP contribution is -2.26. The summed E-state index contributed by atoms with van der Waals surface area (Å²) in [6.07, 6.45) is 1.66. The van der Waals surface area contributed by atoms with E-state index < -0.39 is 5.97 Å². The fraction of sp³-hybridized carbons (Fsp3) is 0.333. The standard InChI is InChI=1S/C9H10N4O2S/c1-5-11-8(13(2)4-7(14)15)6-3-10-16-9(6)12-5/h3H,4H2,1-2H3,(H,14,15). The van der Waals surface area contributed by atoms with Crippen LogP contribution >= 0.6 is 11.5 Å². The number of nitrogens with zero attached hydrogens (tertiary/aromatic N) is 4. The molecule has 6 nitrogen and oxygen atoms in total. The van der Waals surface area contributed by atoms with Gasteiger partial charge in [-0.2, -0.15) is 4.37 Å². The van der Waals surface area contributed by atoms with E-state index in [9.17, 15) is 4.79 Å². The third-order valence-electron chi connectivity index (χ3n) is 2.06. The number of likely N-dealkylation sites (N-methyl/N-ethyl adjacent to an activating group) is 1. The van der Waals surface area contributed by atoms with Gasteiger partial charge in [0.05, 0.1) is 11.6 Å². The predicted molar refractivity (Wildman–Crippen MR) is 60.9 cm³/mol. The van der Waals surface area contributed by atoms with Crippen LogP contribution in [0.3, 0.4) is 0 Å². The molecule has 2 heterocycles. The van der Waals surface area contributed by atoms with Crippen LogP contribution in [-0.2, 0) is 4.79 Å². The Morgan fingerprint density at radius 2 is 2.31 bits per heavy atom. The third kappa shape index (κ3) is 1.94. The summed E-state index contributed by atoms with van der Waals surface area (Å²) in [5.74, 6) is 0.331. The molecule has 0 bridgehead atoms. The van der Waals surface area contributed by atoms with Crippen molar-refractivity contribution in [3.05, 3.63) is 12.0 Å². The average Bonchev–Trinajstić information content (AvgIpc) is 2.62. The fourth-order valence-electron chi connectivity index (χ4n) is 1.42. The van der Waals surface area contributed by atoms with Crippen LogP contribution in [0.4, 0.5) is 5.82 Å². The number of carboxylic acids is 1. The zero-order chi connectivity index (χ0) is 11.7. The lowest BCUT2D eigenvalue weighted by molar-refractivity contribution is -0.135. The number of aliphatic carboxylic acids is 1. The minimum absolute atomic E-state index is 0.0958. The van der Waals surface area contributed by atoms with E-state index in [-0.39, 0.29) is 6.54 Å². The average molecular weight is 238 g/mol. The van der Waals surface area contributed by atoms with Crippen molar-refractivity contribution in [1.29, 1.82) is 0 Å². The molecule has 0 atom stereocenters. The molecule has 0 aliphatic rings. The Hall–Kier alpha value is -1.76. The molecule has 0 aliphatic carbocycles. The topological polar surface area (TPSA) is 79.2 Å². The van der Waals surface area contributed by atoms with Gasteiger partial charge in [-0.1, -0.05) is 0 Å². The van der Waals surface area contributed by atoms with Gasteiger partial charge in [-0.05, 0) is 18.5 Å². The van der Waals surface area contributed by atoms with Crippen LogP contribution < -0.4 is 4.90 Å². The highest BCUT2D eigenvalue weighted by atomic mass is 32.1. The van der Waals surface area contributed by atoms with E-state index in [0.29, 0.717) is 11.6 Å². The van der Waals surface area contributed by atoms with Crippen molar-refractivity contribution in [3.8, 4) is 0 Å². The Labute approximate surface area is 95.7 Å². The summed E-state index contributed by atoms with van der Waals surface area (Å²) in [4.78, 5) is 21.5. The van der Waals surface area contributed by atoms with E-state index in [1.165, 1.54) is 11.5 Å². The Morgan fingerprint density at radius 3 is 3.00 bits per heavy atom. The number of aryl methyl sites for hydroxylation is 1. The molecule has 2 rings (SSSR count). The molecule has 1 N–H and O–H groups in total. The van der Waals surface area contributed by atoms with Crippen LogP contribution in [-0.4, -0.2) is 39.0 Å². The van der Waals surface area contributed by atoms with Crippen LogP contribution in [0.15, 0.2) is 6.20 Å². The maximum atomic E-state index is 10.6. The summed E-state index contributed by atoms with van der Waals surface area (Å²) in [7, 11) is 1.69. The van der Waals surface area contributed by atoms with E-state index in [1.807, 2.05) is 0 Å². The number of hydrogen-bond acceptors (Lipinski definition) is 6. The Kier molecular flexibility index (Phi) is 2.69. The SMILES string of the molecule is Cc1nc(N(C)CC(=O)O)c2cnsc2n1. The molecule has 0 unspecified atom stereocenters. The number of aromatic nitrogens is 3. The quantitative estimate of drug-likeness (QED) is 0.856. The van der Waals surface area contributed by atoms with Gasteiger partial charge in [0.1, 0.15) is 23.0 Å². The first-order valence-corrected chi connectivity index (χ1v) is 5.37. The lowest BCUT2D eigenvalue weighted by Gasteiger charge is -2.16. The second kappa shape index (κ2) is 4.01. The Bertz CT molecular complexity index is 539. The number of carbonyl (C=O) groups is 1. The number of carboxylic acid groups (broad SMARTS) is 1. The molecule has 2 aromatic rings. The monoisotopic (exact) mass is 238 g/mol. The summed E-state index contributed by atoms with van der Waals surface area (Å²) in [6.45, 7) is 1.68. The van der Waals surface area contributed by atoms with Crippen LogP contribution in [0.1, 0.15) is 5.82 Å². The predicted octanol–water partition coefficient (Wildman–Crippen LogP) is 0.916.